The molecule has 1 aromatic carbocycles. The average molecular weight is 347 g/mol. The van der Waals surface area contributed by atoms with Crippen LogP contribution in [0.15, 0.2) is 42.0 Å². The van der Waals surface area contributed by atoms with Gasteiger partial charge in [-0.2, -0.15) is 0 Å². The van der Waals surface area contributed by atoms with Gasteiger partial charge in [-0.05, 0) is 42.5 Å². The van der Waals surface area contributed by atoms with E-state index in [4.69, 9.17) is 28.2 Å². The first-order valence-electron chi connectivity index (χ1n) is 7.07. The maximum absolute atomic E-state index is 6.10. The van der Waals surface area contributed by atoms with Crippen LogP contribution in [0.4, 0.5) is 0 Å². The highest BCUT2D eigenvalue weighted by Crippen LogP contribution is 2.44. The SMILES string of the molecule is Clc1ccc(-c2csc(-c3cnccc3C3CC3)n2)cc1Cl. The van der Waals surface area contributed by atoms with Crippen LogP contribution < -0.4 is 0 Å². The van der Waals surface area contributed by atoms with Crippen LogP contribution in [0.1, 0.15) is 24.3 Å². The summed E-state index contributed by atoms with van der Waals surface area (Å²) in [6.07, 6.45) is 6.32. The van der Waals surface area contributed by atoms with Crippen LogP contribution in [0.5, 0.6) is 0 Å². The number of halogens is 2. The number of nitrogens with zero attached hydrogens (tertiary/aromatic N) is 2. The summed E-state index contributed by atoms with van der Waals surface area (Å²) in [5.41, 5.74) is 4.42. The lowest BCUT2D eigenvalue weighted by Gasteiger charge is -2.04. The molecule has 1 saturated carbocycles. The Kier molecular flexibility index (Phi) is 3.65. The van der Waals surface area contributed by atoms with Gasteiger partial charge in [0.05, 0.1) is 15.7 Å². The fourth-order valence-corrected chi connectivity index (χ4v) is 3.68. The van der Waals surface area contributed by atoms with Crippen LogP contribution in [0, 0.1) is 0 Å². The van der Waals surface area contributed by atoms with Crippen LogP contribution in [0.3, 0.4) is 0 Å². The first kappa shape index (κ1) is 14.2. The van der Waals surface area contributed by atoms with Gasteiger partial charge in [0.1, 0.15) is 5.01 Å². The minimum absolute atomic E-state index is 0.550. The molecule has 0 atom stereocenters. The fraction of sp³-hybridized carbons (Fsp3) is 0.176. The van der Waals surface area contributed by atoms with Gasteiger partial charge in [-0.15, -0.1) is 11.3 Å². The van der Waals surface area contributed by atoms with Crippen molar-refractivity contribution in [2.45, 2.75) is 18.8 Å². The van der Waals surface area contributed by atoms with Crippen molar-refractivity contribution in [3.05, 3.63) is 57.6 Å². The second kappa shape index (κ2) is 5.65. The van der Waals surface area contributed by atoms with Gasteiger partial charge in [0.15, 0.2) is 0 Å². The molecule has 1 fully saturated rings. The Balaban J connectivity index is 1.74. The molecule has 5 heteroatoms. The van der Waals surface area contributed by atoms with E-state index in [1.807, 2.05) is 24.5 Å². The smallest absolute Gasteiger partial charge is 0.125 e. The van der Waals surface area contributed by atoms with Crippen molar-refractivity contribution in [3.8, 4) is 21.8 Å². The minimum atomic E-state index is 0.550. The van der Waals surface area contributed by atoms with Gasteiger partial charge in [-0.3, -0.25) is 4.98 Å². The Morgan fingerprint density at radius 3 is 2.73 bits per heavy atom. The predicted molar refractivity (Wildman–Crippen MR) is 92.8 cm³/mol. The zero-order valence-corrected chi connectivity index (χ0v) is 13.9. The zero-order valence-electron chi connectivity index (χ0n) is 11.6. The van der Waals surface area contributed by atoms with Gasteiger partial charge in [-0.25, -0.2) is 4.98 Å². The summed E-state index contributed by atoms with van der Waals surface area (Å²) in [6.45, 7) is 0. The van der Waals surface area contributed by atoms with E-state index in [-0.39, 0.29) is 0 Å². The third-order valence-corrected chi connectivity index (χ3v) is 5.44. The van der Waals surface area contributed by atoms with Gasteiger partial charge < -0.3 is 0 Å². The van der Waals surface area contributed by atoms with Gasteiger partial charge in [-0.1, -0.05) is 29.3 Å². The van der Waals surface area contributed by atoms with Crippen molar-refractivity contribution in [1.82, 2.24) is 9.97 Å². The van der Waals surface area contributed by atoms with E-state index in [2.05, 4.69) is 16.4 Å². The second-order valence-electron chi connectivity index (χ2n) is 5.40. The summed E-state index contributed by atoms with van der Waals surface area (Å²) in [5, 5.41) is 4.17. The molecule has 2 heterocycles. The molecule has 4 rings (SSSR count). The third kappa shape index (κ3) is 2.65. The predicted octanol–water partition coefficient (Wildman–Crippen LogP) is 6.06. The molecule has 0 radical (unpaired) electrons. The van der Waals surface area contributed by atoms with E-state index >= 15 is 0 Å². The molecule has 0 bridgehead atoms. The van der Waals surface area contributed by atoms with Crippen LogP contribution in [-0.4, -0.2) is 9.97 Å². The van der Waals surface area contributed by atoms with Crippen LogP contribution in [-0.2, 0) is 0 Å². The largest absolute Gasteiger partial charge is 0.264 e. The molecular weight excluding hydrogens is 335 g/mol. The van der Waals surface area contributed by atoms with E-state index in [9.17, 15) is 0 Å². The molecular formula is C17H12Cl2N2S. The van der Waals surface area contributed by atoms with Crippen molar-refractivity contribution in [2.75, 3.05) is 0 Å². The molecule has 0 saturated heterocycles. The molecule has 2 aromatic heterocycles. The van der Waals surface area contributed by atoms with E-state index in [1.165, 1.54) is 18.4 Å². The summed E-state index contributed by atoms with van der Waals surface area (Å²) in [7, 11) is 0. The van der Waals surface area contributed by atoms with Crippen LogP contribution >= 0.6 is 34.5 Å². The molecule has 0 spiro atoms. The Morgan fingerprint density at radius 2 is 1.95 bits per heavy atom. The molecule has 0 unspecified atom stereocenters. The molecule has 3 aromatic rings. The molecule has 22 heavy (non-hydrogen) atoms. The lowest BCUT2D eigenvalue weighted by molar-refractivity contribution is 1.11. The quantitative estimate of drug-likeness (QED) is 0.576. The summed E-state index contributed by atoms with van der Waals surface area (Å²) in [4.78, 5) is 9.04. The number of benzene rings is 1. The molecule has 0 aliphatic heterocycles. The van der Waals surface area contributed by atoms with Gasteiger partial charge in [0.25, 0.3) is 0 Å². The molecule has 110 valence electrons. The number of hydrogen-bond acceptors (Lipinski definition) is 3. The van der Waals surface area contributed by atoms with Crippen LogP contribution in [0.2, 0.25) is 10.0 Å². The van der Waals surface area contributed by atoms with Gasteiger partial charge >= 0.3 is 0 Å². The number of aromatic nitrogens is 2. The van der Waals surface area contributed by atoms with Crippen molar-refractivity contribution < 1.29 is 0 Å². The lowest BCUT2D eigenvalue weighted by Crippen LogP contribution is -1.88. The van der Waals surface area contributed by atoms with E-state index in [0.29, 0.717) is 16.0 Å². The van der Waals surface area contributed by atoms with Crippen LogP contribution in [0.25, 0.3) is 21.8 Å². The molecule has 0 N–H and O–H groups in total. The Hall–Kier alpha value is -1.42. The van der Waals surface area contributed by atoms with E-state index in [0.717, 1.165) is 21.8 Å². The fourth-order valence-electron chi connectivity index (χ4n) is 2.52. The Morgan fingerprint density at radius 1 is 1.09 bits per heavy atom. The number of pyridine rings is 1. The summed E-state index contributed by atoms with van der Waals surface area (Å²) in [6, 6.07) is 7.72. The first-order valence-corrected chi connectivity index (χ1v) is 8.71. The third-order valence-electron chi connectivity index (χ3n) is 3.82. The molecule has 1 aliphatic carbocycles. The molecule has 1 aliphatic rings. The minimum Gasteiger partial charge on any atom is -0.264 e. The van der Waals surface area contributed by atoms with Crippen molar-refractivity contribution in [1.29, 1.82) is 0 Å². The number of hydrogen-bond donors (Lipinski definition) is 0. The van der Waals surface area contributed by atoms with Gasteiger partial charge in [0, 0.05) is 28.9 Å². The standard InChI is InChI=1S/C17H12Cl2N2S/c18-14-4-3-11(7-15(14)19)16-9-22-17(21-16)13-8-20-6-5-12(13)10-1-2-10/h3-10H,1-2H2. The molecule has 0 amide bonds. The topological polar surface area (TPSA) is 25.8 Å². The number of thiazole rings is 1. The summed E-state index contributed by atoms with van der Waals surface area (Å²) in [5.74, 6) is 0.676. The summed E-state index contributed by atoms with van der Waals surface area (Å²) < 4.78 is 0. The highest BCUT2D eigenvalue weighted by molar-refractivity contribution is 7.13. The Labute approximate surface area is 142 Å². The second-order valence-corrected chi connectivity index (χ2v) is 7.08. The molecule has 2 nitrogen and oxygen atoms in total. The van der Waals surface area contributed by atoms with Gasteiger partial charge in [0.2, 0.25) is 0 Å². The monoisotopic (exact) mass is 346 g/mol. The number of rotatable bonds is 3. The Bertz CT molecular complexity index is 840. The van der Waals surface area contributed by atoms with E-state index < -0.39 is 0 Å². The summed E-state index contributed by atoms with van der Waals surface area (Å²) >= 11 is 13.7. The zero-order chi connectivity index (χ0) is 15.1. The highest BCUT2D eigenvalue weighted by Gasteiger charge is 2.27. The maximum atomic E-state index is 6.10. The highest BCUT2D eigenvalue weighted by atomic mass is 35.5. The average Bonchev–Trinajstić information content (AvgIpc) is 3.27. The maximum Gasteiger partial charge on any atom is 0.125 e. The van der Waals surface area contributed by atoms with Crippen molar-refractivity contribution in [2.24, 2.45) is 0 Å². The van der Waals surface area contributed by atoms with Crippen molar-refractivity contribution in [3.63, 3.8) is 0 Å². The first-order chi connectivity index (χ1) is 10.7. The van der Waals surface area contributed by atoms with Crippen molar-refractivity contribution >= 4 is 34.5 Å². The lowest BCUT2D eigenvalue weighted by atomic mass is 10.1. The normalized spacial score (nSPS) is 14.3. The van der Waals surface area contributed by atoms with E-state index in [1.54, 1.807) is 17.4 Å².